The van der Waals surface area contributed by atoms with Gasteiger partial charge in [-0.05, 0) is 25.5 Å². The summed E-state index contributed by atoms with van der Waals surface area (Å²) in [6.07, 6.45) is 4.77. The Morgan fingerprint density at radius 2 is 2.11 bits per heavy atom. The molecule has 0 unspecified atom stereocenters. The molecule has 18 heavy (non-hydrogen) atoms. The number of hydrazine groups is 1. The summed E-state index contributed by atoms with van der Waals surface area (Å²) in [6, 6.07) is 0. The number of amidine groups is 1. The number of nitrogens with two attached hydrogens (primary N) is 1. The second kappa shape index (κ2) is 9.41. The molecular formula is C13H25N5. The quantitative estimate of drug-likeness (QED) is 0.311. The van der Waals surface area contributed by atoms with Crippen LogP contribution in [0.3, 0.4) is 0 Å². The maximum atomic E-state index is 5.27. The van der Waals surface area contributed by atoms with Crippen LogP contribution >= 0.6 is 0 Å². The summed E-state index contributed by atoms with van der Waals surface area (Å²) >= 11 is 0. The first-order chi connectivity index (χ1) is 8.54. The van der Waals surface area contributed by atoms with Gasteiger partial charge in [0.25, 0.3) is 0 Å². The molecule has 5 nitrogen and oxygen atoms in total. The second-order valence-corrected chi connectivity index (χ2v) is 4.03. The highest BCUT2D eigenvalue weighted by molar-refractivity contribution is 6.01. The van der Waals surface area contributed by atoms with Gasteiger partial charge in [-0.15, -0.1) is 0 Å². The average molecular weight is 251 g/mol. The van der Waals surface area contributed by atoms with Crippen LogP contribution in [-0.4, -0.2) is 43.6 Å². The minimum Gasteiger partial charge on any atom is -0.377 e. The van der Waals surface area contributed by atoms with Gasteiger partial charge in [0.1, 0.15) is 5.84 Å². The molecule has 0 spiro atoms. The third-order valence-electron chi connectivity index (χ3n) is 2.48. The van der Waals surface area contributed by atoms with Gasteiger partial charge in [-0.25, -0.2) is 5.84 Å². The summed E-state index contributed by atoms with van der Waals surface area (Å²) in [5.74, 6) is 5.89. The van der Waals surface area contributed by atoms with Crippen LogP contribution in [0, 0.1) is 0 Å². The molecule has 0 radical (unpaired) electrons. The van der Waals surface area contributed by atoms with Crippen molar-refractivity contribution in [1.82, 2.24) is 10.3 Å². The summed E-state index contributed by atoms with van der Waals surface area (Å²) in [4.78, 5) is 10.5. The number of nitrogens with one attached hydrogen (secondary N) is 1. The van der Waals surface area contributed by atoms with Gasteiger partial charge in [0.2, 0.25) is 0 Å². The maximum absolute atomic E-state index is 5.27. The number of hydrogen-bond donors (Lipinski definition) is 2. The lowest BCUT2D eigenvalue weighted by atomic mass is 10.3. The number of hydrogen-bond acceptors (Lipinski definition) is 4. The number of rotatable bonds is 7. The zero-order valence-corrected chi connectivity index (χ0v) is 11.9. The van der Waals surface area contributed by atoms with Gasteiger partial charge in [-0.1, -0.05) is 13.5 Å². The molecule has 0 heterocycles. The van der Waals surface area contributed by atoms with Crippen LogP contribution in [0.1, 0.15) is 20.3 Å². The van der Waals surface area contributed by atoms with Crippen LogP contribution in [0.5, 0.6) is 0 Å². The molecular weight excluding hydrogens is 226 g/mol. The molecule has 0 atom stereocenters. The molecule has 0 bridgehead atoms. The molecule has 3 N–H and O–H groups in total. The average Bonchev–Trinajstić information content (AvgIpc) is 2.37. The molecule has 0 aromatic carbocycles. The fourth-order valence-electron chi connectivity index (χ4n) is 1.27. The summed E-state index contributed by atoms with van der Waals surface area (Å²) in [5.41, 5.74) is 4.42. The topological polar surface area (TPSA) is 66.0 Å². The molecule has 0 rings (SSSR count). The lowest BCUT2D eigenvalue weighted by molar-refractivity contribution is 0.413. The zero-order chi connectivity index (χ0) is 14.0. The standard InChI is InChI=1S/C13H25N5/c1-6-9-18(5)12(3)10-16-11(2)7-8-13(15-4)17-14/h7-8H,3,6,9-10,14H2,1-2,4-5H3,(H,15,17). The van der Waals surface area contributed by atoms with Crippen molar-refractivity contribution in [3.63, 3.8) is 0 Å². The van der Waals surface area contributed by atoms with Crippen molar-refractivity contribution in [3.05, 3.63) is 24.4 Å². The molecule has 0 saturated carbocycles. The number of allylic oxidation sites excluding steroid dienone is 1. The van der Waals surface area contributed by atoms with Crippen LogP contribution < -0.4 is 11.3 Å². The normalized spacial score (nSPS) is 12.9. The Hall–Kier alpha value is -1.62. The monoisotopic (exact) mass is 251 g/mol. The lowest BCUT2D eigenvalue weighted by Gasteiger charge is -2.19. The van der Waals surface area contributed by atoms with Crippen LogP contribution in [0.15, 0.2) is 34.4 Å². The molecule has 0 aliphatic rings. The highest BCUT2D eigenvalue weighted by Gasteiger charge is 1.99. The van der Waals surface area contributed by atoms with Gasteiger partial charge >= 0.3 is 0 Å². The number of aliphatic imine (C=N–C) groups is 2. The fourth-order valence-corrected chi connectivity index (χ4v) is 1.27. The van der Waals surface area contributed by atoms with Crippen LogP contribution in [0.4, 0.5) is 0 Å². The molecule has 0 aromatic heterocycles. The Labute approximate surface area is 110 Å². The molecule has 0 amide bonds. The minimum atomic E-state index is 0.612. The molecule has 5 heteroatoms. The van der Waals surface area contributed by atoms with E-state index in [1.807, 2.05) is 20.0 Å². The van der Waals surface area contributed by atoms with Crippen molar-refractivity contribution >= 4 is 11.5 Å². The van der Waals surface area contributed by atoms with Crippen molar-refractivity contribution < 1.29 is 0 Å². The minimum absolute atomic E-state index is 0.612. The summed E-state index contributed by atoms with van der Waals surface area (Å²) in [5, 5.41) is 0. The summed E-state index contributed by atoms with van der Waals surface area (Å²) in [7, 11) is 3.71. The van der Waals surface area contributed by atoms with Crippen molar-refractivity contribution in [2.75, 3.05) is 27.2 Å². The van der Waals surface area contributed by atoms with E-state index in [0.717, 1.165) is 24.4 Å². The lowest BCUT2D eigenvalue weighted by Crippen LogP contribution is -2.28. The van der Waals surface area contributed by atoms with Gasteiger partial charge in [0.05, 0.1) is 6.54 Å². The van der Waals surface area contributed by atoms with Crippen molar-refractivity contribution in [2.24, 2.45) is 15.8 Å². The molecule has 0 aliphatic carbocycles. The maximum Gasteiger partial charge on any atom is 0.134 e. The van der Waals surface area contributed by atoms with Gasteiger partial charge in [-0.2, -0.15) is 0 Å². The second-order valence-electron chi connectivity index (χ2n) is 4.03. The smallest absolute Gasteiger partial charge is 0.134 e. The highest BCUT2D eigenvalue weighted by atomic mass is 15.2. The molecule has 0 aromatic rings. The number of likely N-dealkylation sites (N-methyl/N-ethyl adjacent to an activating group) is 1. The van der Waals surface area contributed by atoms with E-state index < -0.39 is 0 Å². The Kier molecular flexibility index (Phi) is 8.57. The first-order valence-corrected chi connectivity index (χ1v) is 6.06. The first-order valence-electron chi connectivity index (χ1n) is 6.06. The molecule has 0 saturated heterocycles. The van der Waals surface area contributed by atoms with E-state index in [4.69, 9.17) is 5.84 Å². The summed E-state index contributed by atoms with van der Waals surface area (Å²) in [6.45, 7) is 9.71. The Morgan fingerprint density at radius 1 is 1.44 bits per heavy atom. The van der Waals surface area contributed by atoms with E-state index in [0.29, 0.717) is 12.4 Å². The van der Waals surface area contributed by atoms with Crippen molar-refractivity contribution in [3.8, 4) is 0 Å². The van der Waals surface area contributed by atoms with Gasteiger partial charge in [0, 0.05) is 32.0 Å². The van der Waals surface area contributed by atoms with E-state index in [-0.39, 0.29) is 0 Å². The van der Waals surface area contributed by atoms with Crippen LogP contribution in [0.25, 0.3) is 0 Å². The third kappa shape index (κ3) is 6.85. The largest absolute Gasteiger partial charge is 0.377 e. The van der Waals surface area contributed by atoms with Gasteiger partial charge < -0.3 is 10.3 Å². The summed E-state index contributed by atoms with van der Waals surface area (Å²) < 4.78 is 0. The van der Waals surface area contributed by atoms with E-state index in [1.165, 1.54) is 0 Å². The SMILES string of the molecule is C=C(CN=C(C)C=CC(=NC)NN)N(C)CCC. The van der Waals surface area contributed by atoms with Gasteiger partial charge in [0.15, 0.2) is 0 Å². The first kappa shape index (κ1) is 16.4. The predicted molar refractivity (Wildman–Crippen MR) is 79.9 cm³/mol. The molecule has 0 fully saturated rings. The van der Waals surface area contributed by atoms with Gasteiger partial charge in [-0.3, -0.25) is 9.98 Å². The van der Waals surface area contributed by atoms with Crippen LogP contribution in [-0.2, 0) is 0 Å². The zero-order valence-electron chi connectivity index (χ0n) is 11.9. The molecule has 0 aliphatic heterocycles. The third-order valence-corrected chi connectivity index (χ3v) is 2.48. The van der Waals surface area contributed by atoms with Crippen molar-refractivity contribution in [2.45, 2.75) is 20.3 Å². The highest BCUT2D eigenvalue weighted by Crippen LogP contribution is 2.00. The van der Waals surface area contributed by atoms with Crippen LogP contribution in [0.2, 0.25) is 0 Å². The number of nitrogens with zero attached hydrogens (tertiary/aromatic N) is 3. The van der Waals surface area contributed by atoms with Crippen molar-refractivity contribution in [1.29, 1.82) is 0 Å². The fraction of sp³-hybridized carbons (Fsp3) is 0.538. The van der Waals surface area contributed by atoms with E-state index >= 15 is 0 Å². The predicted octanol–water partition coefficient (Wildman–Crippen LogP) is 1.35. The van der Waals surface area contributed by atoms with E-state index in [2.05, 4.69) is 33.8 Å². The van der Waals surface area contributed by atoms with E-state index in [9.17, 15) is 0 Å². The van der Waals surface area contributed by atoms with E-state index in [1.54, 1.807) is 13.1 Å². The Morgan fingerprint density at radius 3 is 2.61 bits per heavy atom. The Bertz CT molecular complexity index is 341. The Balaban J connectivity index is 4.31. The molecule has 102 valence electrons.